The van der Waals surface area contributed by atoms with Crippen LogP contribution in [0.3, 0.4) is 0 Å². The molecule has 0 spiro atoms. The first-order valence-electron chi connectivity index (χ1n) is 14.6. The average Bonchev–Trinajstić information content (AvgIpc) is 3.56. The summed E-state index contributed by atoms with van der Waals surface area (Å²) in [6.45, 7) is 0. The molecule has 1 aliphatic carbocycles. The molecule has 11 nitrogen and oxygen atoms in total. The van der Waals surface area contributed by atoms with Crippen LogP contribution >= 0.6 is 0 Å². The highest BCUT2D eigenvalue weighted by molar-refractivity contribution is 7.86. The molecule has 0 aromatic heterocycles. The van der Waals surface area contributed by atoms with Crippen molar-refractivity contribution in [3.05, 3.63) is 72.0 Å². The van der Waals surface area contributed by atoms with E-state index in [9.17, 15) is 23.0 Å². The predicted molar refractivity (Wildman–Crippen MR) is 173 cm³/mol. The first-order chi connectivity index (χ1) is 22.2. The molecule has 0 bridgehead atoms. The van der Waals surface area contributed by atoms with Crippen molar-refractivity contribution >= 4 is 39.9 Å². The Balaban J connectivity index is 1.72. The highest BCUT2D eigenvalue weighted by Crippen LogP contribution is 2.42. The van der Waals surface area contributed by atoms with Crippen LogP contribution in [0.15, 0.2) is 60.7 Å². The summed E-state index contributed by atoms with van der Waals surface area (Å²) in [5, 5.41) is 5.64. The van der Waals surface area contributed by atoms with E-state index in [-0.39, 0.29) is 17.5 Å². The molecule has 4 rings (SSSR count). The predicted octanol–water partition coefficient (Wildman–Crippen LogP) is 4.38. The maximum atomic E-state index is 14.2. The van der Waals surface area contributed by atoms with Gasteiger partial charge < -0.3 is 29.6 Å². The molecular formula is C33H38FN3O8S. The Bertz CT molecular complexity index is 1520. The van der Waals surface area contributed by atoms with Crippen molar-refractivity contribution in [3.8, 4) is 23.0 Å². The smallest absolute Gasteiger partial charge is 0.248 e. The Kier molecular flexibility index (Phi) is 12.0. The number of anilines is 2. The van der Waals surface area contributed by atoms with Crippen LogP contribution in [0.2, 0.25) is 0 Å². The van der Waals surface area contributed by atoms with Gasteiger partial charge in [-0.3, -0.25) is 23.5 Å². The molecule has 1 fully saturated rings. The fourth-order valence-electron chi connectivity index (χ4n) is 5.34. The molecule has 46 heavy (non-hydrogen) atoms. The summed E-state index contributed by atoms with van der Waals surface area (Å²) in [7, 11) is 3.89. The van der Waals surface area contributed by atoms with Gasteiger partial charge in [0, 0.05) is 28.2 Å². The second kappa shape index (κ2) is 16.1. The molecule has 0 saturated heterocycles. The monoisotopic (exact) mass is 655 g/mol. The number of methoxy groups -OCH3 is 4. The Morgan fingerprint density at radius 3 is 2.02 bits per heavy atom. The molecular weight excluding hydrogens is 617 g/mol. The molecule has 0 radical (unpaired) electrons. The maximum absolute atomic E-state index is 14.2. The van der Waals surface area contributed by atoms with Crippen LogP contribution < -0.4 is 34.5 Å². The zero-order valence-corrected chi connectivity index (χ0v) is 27.0. The van der Waals surface area contributed by atoms with Crippen molar-refractivity contribution in [2.45, 2.75) is 37.8 Å². The quantitative estimate of drug-likeness (QED) is 0.262. The molecule has 2 N–H and O–H groups in total. The summed E-state index contributed by atoms with van der Waals surface area (Å²) < 4.78 is 48.3. The van der Waals surface area contributed by atoms with Gasteiger partial charge in [0.1, 0.15) is 29.1 Å². The third-order valence-electron chi connectivity index (χ3n) is 7.53. The zero-order valence-electron chi connectivity index (χ0n) is 26.2. The summed E-state index contributed by atoms with van der Waals surface area (Å²) in [6, 6.07) is 13.5. The second-order valence-corrected chi connectivity index (χ2v) is 12.1. The number of amides is 3. The van der Waals surface area contributed by atoms with Crippen molar-refractivity contribution < 1.29 is 41.9 Å². The number of ether oxygens (including phenoxy) is 4. The maximum Gasteiger partial charge on any atom is 0.248 e. The normalized spacial score (nSPS) is 14.1. The SMILES string of the molecule is COc1ccc(N(C(=O)C[S@](=O)CC(=O)Nc2ccc(F)cc2)[C@H](C(=O)NC2CCCC2)c2cc(OC)c(OC)c(OC)c2)cc1. The molecule has 3 aromatic rings. The minimum Gasteiger partial charge on any atom is -0.497 e. The molecule has 0 aliphatic heterocycles. The lowest BCUT2D eigenvalue weighted by atomic mass is 10.0. The van der Waals surface area contributed by atoms with Crippen molar-refractivity contribution in [2.24, 2.45) is 0 Å². The summed E-state index contributed by atoms with van der Waals surface area (Å²) in [6.07, 6.45) is 3.55. The molecule has 3 amide bonds. The minimum atomic E-state index is -1.97. The van der Waals surface area contributed by atoms with Crippen molar-refractivity contribution in [3.63, 3.8) is 0 Å². The average molecular weight is 656 g/mol. The third kappa shape index (κ3) is 8.53. The van der Waals surface area contributed by atoms with Gasteiger partial charge in [0.15, 0.2) is 11.5 Å². The van der Waals surface area contributed by atoms with Crippen LogP contribution in [0.1, 0.15) is 37.3 Å². The van der Waals surface area contributed by atoms with Gasteiger partial charge in [-0.1, -0.05) is 12.8 Å². The lowest BCUT2D eigenvalue weighted by molar-refractivity contribution is -0.126. The zero-order chi connectivity index (χ0) is 33.2. The van der Waals surface area contributed by atoms with Gasteiger partial charge in [0.25, 0.3) is 0 Å². The number of carbonyl (C=O) groups is 3. The molecule has 1 saturated carbocycles. The van der Waals surface area contributed by atoms with Gasteiger partial charge in [-0.2, -0.15) is 0 Å². The first-order valence-corrected chi connectivity index (χ1v) is 16.1. The van der Waals surface area contributed by atoms with Gasteiger partial charge >= 0.3 is 0 Å². The highest BCUT2D eigenvalue weighted by atomic mass is 32.2. The fourth-order valence-corrected chi connectivity index (χ4v) is 6.22. The van der Waals surface area contributed by atoms with Crippen LogP contribution in [-0.4, -0.2) is 67.9 Å². The van der Waals surface area contributed by atoms with E-state index in [4.69, 9.17) is 18.9 Å². The number of carbonyl (C=O) groups excluding carboxylic acids is 3. The summed E-state index contributed by atoms with van der Waals surface area (Å²) in [5.41, 5.74) is 1.01. The van der Waals surface area contributed by atoms with E-state index < -0.39 is 51.9 Å². The standard InChI is InChI=1S/C33H38FN3O8S/c1-42-26-15-13-25(14-16-26)37(30(39)20-46(41)19-29(38)35-24-11-9-22(34)10-12-24)31(33(40)36-23-7-5-6-8-23)21-17-27(43-2)32(45-4)28(18-21)44-3/h9-18,23,31H,5-8,19-20H2,1-4H3,(H,35,38)(H,36,40)/t31-,46+/m0/s1. The molecule has 2 atom stereocenters. The number of nitrogens with one attached hydrogen (secondary N) is 2. The number of rotatable bonds is 14. The number of halogens is 1. The lowest BCUT2D eigenvalue weighted by Gasteiger charge is -2.33. The summed E-state index contributed by atoms with van der Waals surface area (Å²) >= 11 is 0. The number of benzene rings is 3. The Hall–Kier alpha value is -4.65. The van der Waals surface area contributed by atoms with E-state index >= 15 is 0 Å². The molecule has 0 heterocycles. The van der Waals surface area contributed by atoms with Gasteiger partial charge in [-0.15, -0.1) is 0 Å². The van der Waals surface area contributed by atoms with Gasteiger partial charge in [-0.05, 0) is 79.1 Å². The van der Waals surface area contributed by atoms with Crippen LogP contribution in [0.25, 0.3) is 0 Å². The Morgan fingerprint density at radius 1 is 0.870 bits per heavy atom. The second-order valence-electron chi connectivity index (χ2n) is 10.6. The third-order valence-corrected chi connectivity index (χ3v) is 8.69. The molecule has 1 aliphatic rings. The lowest BCUT2D eigenvalue weighted by Crippen LogP contribution is -2.47. The van der Waals surface area contributed by atoms with E-state index in [1.165, 1.54) is 57.6 Å². The molecule has 0 unspecified atom stereocenters. The first kappa shape index (κ1) is 34.2. The number of hydrogen-bond donors (Lipinski definition) is 2. The van der Waals surface area contributed by atoms with Crippen molar-refractivity contribution in [1.29, 1.82) is 0 Å². The van der Waals surface area contributed by atoms with Gasteiger partial charge in [-0.25, -0.2) is 4.39 Å². The van der Waals surface area contributed by atoms with Crippen molar-refractivity contribution in [1.82, 2.24) is 5.32 Å². The number of nitrogens with zero attached hydrogens (tertiary/aromatic N) is 1. The molecule has 3 aromatic carbocycles. The van der Waals surface area contributed by atoms with Crippen LogP contribution in [-0.2, 0) is 25.2 Å². The van der Waals surface area contributed by atoms with E-state index in [1.54, 1.807) is 36.4 Å². The molecule has 246 valence electrons. The van der Waals surface area contributed by atoms with Crippen LogP contribution in [0.5, 0.6) is 23.0 Å². The Labute approximate surface area is 269 Å². The van der Waals surface area contributed by atoms with E-state index in [0.29, 0.717) is 28.4 Å². The van der Waals surface area contributed by atoms with E-state index in [0.717, 1.165) is 25.7 Å². The van der Waals surface area contributed by atoms with Crippen molar-refractivity contribution in [2.75, 3.05) is 50.2 Å². The minimum absolute atomic E-state index is 0.0749. The van der Waals surface area contributed by atoms with Crippen LogP contribution in [0.4, 0.5) is 15.8 Å². The fraction of sp³-hybridized carbons (Fsp3) is 0.364. The van der Waals surface area contributed by atoms with Gasteiger partial charge in [0.05, 0.1) is 28.4 Å². The molecule has 13 heteroatoms. The Morgan fingerprint density at radius 2 is 1.48 bits per heavy atom. The largest absolute Gasteiger partial charge is 0.497 e. The summed E-state index contributed by atoms with van der Waals surface area (Å²) in [5.74, 6) is -1.89. The topological polar surface area (TPSA) is 132 Å². The van der Waals surface area contributed by atoms with Crippen LogP contribution in [0, 0.1) is 5.82 Å². The summed E-state index contributed by atoms with van der Waals surface area (Å²) in [4.78, 5) is 42.2. The number of hydrogen-bond acceptors (Lipinski definition) is 8. The van der Waals surface area contributed by atoms with E-state index in [1.807, 2.05) is 0 Å². The highest BCUT2D eigenvalue weighted by Gasteiger charge is 2.36. The van der Waals surface area contributed by atoms with E-state index in [2.05, 4.69) is 10.6 Å². The van der Waals surface area contributed by atoms with Gasteiger partial charge in [0.2, 0.25) is 23.5 Å².